The molecular weight excluding hydrogens is 432 g/mol. The fourth-order valence-electron chi connectivity index (χ4n) is 4.35. The van der Waals surface area contributed by atoms with Crippen LogP contribution in [0.1, 0.15) is 45.1 Å². The van der Waals surface area contributed by atoms with Gasteiger partial charge >= 0.3 is 0 Å². The summed E-state index contributed by atoms with van der Waals surface area (Å²) in [6.07, 6.45) is 4.80. The predicted molar refractivity (Wildman–Crippen MR) is 139 cm³/mol. The number of thiocarbonyl (C=S) groups is 1. The van der Waals surface area contributed by atoms with Crippen molar-refractivity contribution in [1.29, 1.82) is 0 Å². The van der Waals surface area contributed by atoms with E-state index >= 15 is 0 Å². The molecule has 2 fully saturated rings. The molecule has 0 amide bonds. The van der Waals surface area contributed by atoms with Crippen LogP contribution >= 0.6 is 12.2 Å². The molecule has 7 nitrogen and oxygen atoms in total. The van der Waals surface area contributed by atoms with Crippen molar-refractivity contribution < 1.29 is 4.74 Å². The number of rotatable bonds is 6. The maximum atomic E-state index is 5.56. The molecule has 8 heteroatoms. The van der Waals surface area contributed by atoms with Crippen LogP contribution in [0.2, 0.25) is 0 Å². The van der Waals surface area contributed by atoms with E-state index < -0.39 is 0 Å². The number of benzene rings is 1. The molecule has 33 heavy (non-hydrogen) atoms. The zero-order valence-corrected chi connectivity index (χ0v) is 20.8. The van der Waals surface area contributed by atoms with E-state index in [1.54, 1.807) is 7.11 Å². The lowest BCUT2D eigenvalue weighted by Crippen LogP contribution is -2.36. The first kappa shape index (κ1) is 23.5. The van der Waals surface area contributed by atoms with Gasteiger partial charge in [0.25, 0.3) is 0 Å². The number of hydrogen-bond donors (Lipinski definition) is 2. The van der Waals surface area contributed by atoms with E-state index in [4.69, 9.17) is 26.9 Å². The van der Waals surface area contributed by atoms with E-state index in [9.17, 15) is 0 Å². The maximum Gasteiger partial charge on any atom is 0.232 e. The van der Waals surface area contributed by atoms with Gasteiger partial charge < -0.3 is 25.2 Å². The first-order chi connectivity index (χ1) is 16.0. The Hall–Kier alpha value is -2.61. The van der Waals surface area contributed by atoms with Crippen molar-refractivity contribution in [2.24, 2.45) is 11.8 Å². The molecule has 178 valence electrons. The summed E-state index contributed by atoms with van der Waals surface area (Å²) in [5.41, 5.74) is 1.13. The highest BCUT2D eigenvalue weighted by atomic mass is 32.1. The fraction of sp³-hybridized carbons (Fsp3) is 0.560. The molecule has 0 aliphatic carbocycles. The molecule has 2 N–H and O–H groups in total. The van der Waals surface area contributed by atoms with Gasteiger partial charge in [0.05, 0.1) is 7.11 Å². The highest BCUT2D eigenvalue weighted by Crippen LogP contribution is 2.28. The van der Waals surface area contributed by atoms with Crippen LogP contribution in [0.5, 0.6) is 5.75 Å². The zero-order valence-electron chi connectivity index (χ0n) is 20.0. The van der Waals surface area contributed by atoms with Crippen LogP contribution in [0.15, 0.2) is 30.3 Å². The van der Waals surface area contributed by atoms with Gasteiger partial charge in [-0.15, -0.1) is 0 Å². The summed E-state index contributed by atoms with van der Waals surface area (Å²) in [5, 5.41) is 7.02. The number of anilines is 3. The second-order valence-electron chi connectivity index (χ2n) is 9.40. The van der Waals surface area contributed by atoms with E-state index in [0.717, 1.165) is 61.0 Å². The van der Waals surface area contributed by atoms with Gasteiger partial charge in [0.15, 0.2) is 5.11 Å². The van der Waals surface area contributed by atoms with Crippen molar-refractivity contribution >= 4 is 34.9 Å². The molecule has 2 aliphatic heterocycles. The third-order valence-corrected chi connectivity index (χ3v) is 7.00. The molecule has 3 heterocycles. The fourth-order valence-corrected chi connectivity index (χ4v) is 4.51. The molecule has 0 radical (unpaired) electrons. The predicted octanol–water partition coefficient (Wildman–Crippen LogP) is 4.44. The average Bonchev–Trinajstić information content (AvgIpc) is 2.84. The van der Waals surface area contributed by atoms with Gasteiger partial charge in [0, 0.05) is 38.8 Å². The number of nitrogens with zero attached hydrogens (tertiary/aromatic N) is 4. The lowest BCUT2D eigenvalue weighted by Gasteiger charge is -2.34. The smallest absolute Gasteiger partial charge is 0.232 e. The molecule has 4 rings (SSSR count). The third-order valence-electron chi connectivity index (χ3n) is 6.75. The summed E-state index contributed by atoms with van der Waals surface area (Å²) in [7, 11) is 1.67. The summed E-state index contributed by atoms with van der Waals surface area (Å²) in [4.78, 5) is 14.5. The Labute approximate surface area is 202 Å². The topological polar surface area (TPSA) is 65.6 Å². The van der Waals surface area contributed by atoms with Crippen molar-refractivity contribution in [2.45, 2.75) is 46.1 Å². The van der Waals surface area contributed by atoms with Crippen molar-refractivity contribution in [1.82, 2.24) is 15.3 Å². The third kappa shape index (κ3) is 6.47. The van der Waals surface area contributed by atoms with E-state index in [1.807, 2.05) is 24.3 Å². The first-order valence-electron chi connectivity index (χ1n) is 12.1. The highest BCUT2D eigenvalue weighted by molar-refractivity contribution is 7.80. The standard InChI is InChI=1S/C25H36N6OS/c1-18-8-12-30(13-9-18)22-16-23(31-14-10-19(2)11-15-31)28-24(27-22)29-25(33)26-17-20-4-6-21(32-3)7-5-20/h4-7,16,18-19H,8-15,17H2,1-3H3,(H2,26,27,28,29,33). The molecule has 0 unspecified atom stereocenters. The van der Waals surface area contributed by atoms with Crippen LogP contribution in [-0.2, 0) is 6.54 Å². The first-order valence-corrected chi connectivity index (χ1v) is 12.5. The number of methoxy groups -OCH3 is 1. The van der Waals surface area contributed by atoms with Gasteiger partial charge in [-0.1, -0.05) is 26.0 Å². The van der Waals surface area contributed by atoms with Crippen LogP contribution in [0, 0.1) is 11.8 Å². The van der Waals surface area contributed by atoms with Crippen molar-refractivity contribution in [2.75, 3.05) is 48.4 Å². The molecule has 2 aliphatic rings. The highest BCUT2D eigenvalue weighted by Gasteiger charge is 2.22. The lowest BCUT2D eigenvalue weighted by molar-refractivity contribution is 0.414. The molecule has 1 aromatic carbocycles. The minimum absolute atomic E-state index is 0.522. The van der Waals surface area contributed by atoms with Gasteiger partial charge in [-0.25, -0.2) is 0 Å². The maximum absolute atomic E-state index is 5.56. The quantitative estimate of drug-likeness (QED) is 0.603. The molecule has 0 bridgehead atoms. The number of nitrogens with one attached hydrogen (secondary N) is 2. The van der Waals surface area contributed by atoms with Crippen LogP contribution in [-0.4, -0.2) is 48.4 Å². The van der Waals surface area contributed by atoms with Crippen LogP contribution in [0.3, 0.4) is 0 Å². The van der Waals surface area contributed by atoms with Crippen LogP contribution < -0.4 is 25.2 Å². The molecular formula is C25H36N6OS. The van der Waals surface area contributed by atoms with Crippen molar-refractivity contribution in [3.63, 3.8) is 0 Å². The SMILES string of the molecule is COc1ccc(CNC(=S)Nc2nc(N3CCC(C)CC3)cc(N3CCC(C)CC3)n2)cc1. The second kappa shape index (κ2) is 11.0. The van der Waals surface area contributed by atoms with E-state index in [2.05, 4.69) is 40.3 Å². The molecule has 0 spiro atoms. The second-order valence-corrected chi connectivity index (χ2v) is 9.81. The molecule has 2 saturated heterocycles. The summed E-state index contributed by atoms with van der Waals surface area (Å²) in [6, 6.07) is 10.1. The Balaban J connectivity index is 1.46. The number of ether oxygens (including phenoxy) is 1. The summed E-state index contributed by atoms with van der Waals surface area (Å²) >= 11 is 5.56. The van der Waals surface area contributed by atoms with Gasteiger partial charge in [0.1, 0.15) is 17.4 Å². The Kier molecular flexibility index (Phi) is 7.85. The molecule has 0 saturated carbocycles. The number of hydrogen-bond acceptors (Lipinski definition) is 6. The minimum atomic E-state index is 0.522. The van der Waals surface area contributed by atoms with Gasteiger partial charge in [0.2, 0.25) is 5.95 Å². The Morgan fingerprint density at radius 3 is 1.94 bits per heavy atom. The average molecular weight is 469 g/mol. The molecule has 0 atom stereocenters. The van der Waals surface area contributed by atoms with Crippen molar-refractivity contribution in [3.05, 3.63) is 35.9 Å². The Morgan fingerprint density at radius 1 is 0.939 bits per heavy atom. The zero-order chi connectivity index (χ0) is 23.2. The normalized spacial score (nSPS) is 17.7. The molecule has 1 aromatic heterocycles. The minimum Gasteiger partial charge on any atom is -0.497 e. The summed E-state index contributed by atoms with van der Waals surface area (Å²) in [5.74, 6) is 4.94. The Bertz CT molecular complexity index is 881. The van der Waals surface area contributed by atoms with Crippen molar-refractivity contribution in [3.8, 4) is 5.75 Å². The van der Waals surface area contributed by atoms with Gasteiger partial charge in [-0.2, -0.15) is 9.97 Å². The van der Waals surface area contributed by atoms with Crippen LogP contribution in [0.25, 0.3) is 0 Å². The lowest BCUT2D eigenvalue weighted by atomic mass is 9.99. The van der Waals surface area contributed by atoms with Crippen LogP contribution in [0.4, 0.5) is 17.6 Å². The largest absolute Gasteiger partial charge is 0.497 e. The van der Waals surface area contributed by atoms with E-state index in [0.29, 0.717) is 17.6 Å². The summed E-state index contributed by atoms with van der Waals surface area (Å²) in [6.45, 7) is 9.43. The van der Waals surface area contributed by atoms with Gasteiger partial charge in [-0.3, -0.25) is 0 Å². The number of piperidine rings is 2. The summed E-state index contributed by atoms with van der Waals surface area (Å²) < 4.78 is 5.22. The Morgan fingerprint density at radius 2 is 1.45 bits per heavy atom. The number of aromatic nitrogens is 2. The van der Waals surface area contributed by atoms with E-state index in [-0.39, 0.29) is 0 Å². The van der Waals surface area contributed by atoms with Gasteiger partial charge in [-0.05, 0) is 67.4 Å². The monoisotopic (exact) mass is 468 g/mol. The molecule has 2 aromatic rings. The van der Waals surface area contributed by atoms with E-state index in [1.165, 1.54) is 25.7 Å².